The molecule has 41 heavy (non-hydrogen) atoms. The van der Waals surface area contributed by atoms with Gasteiger partial charge in [0, 0.05) is 19.3 Å². The van der Waals surface area contributed by atoms with Gasteiger partial charge < -0.3 is 23.1 Å². The average Bonchev–Trinajstić information content (AvgIpc) is 3.37. The Morgan fingerprint density at radius 2 is 1.34 bits per heavy atom. The Labute approximate surface area is 251 Å². The standard InChI is InChI=1S/C34H54O5Si2/c1-32(2,3)40(7,8)39-29(18-17-24-34(23-15-16-25-35)36-26-27-37-34)28-38-41(33(4,5)6,30-19-11-9-12-20-30)31-21-13-10-14-22-31/h9-14,19-22,25,29H,15-18,23-24,26-28H2,1-8H3/t29-/m0/s1. The van der Waals surface area contributed by atoms with E-state index in [1.165, 1.54) is 10.4 Å². The number of aldehydes is 1. The number of hydrogen-bond donors (Lipinski definition) is 0. The molecule has 0 aromatic heterocycles. The second-order valence-electron chi connectivity index (χ2n) is 14.0. The van der Waals surface area contributed by atoms with Gasteiger partial charge >= 0.3 is 0 Å². The van der Waals surface area contributed by atoms with Crippen molar-refractivity contribution in [3.05, 3.63) is 60.7 Å². The molecule has 3 rings (SSSR count). The number of benzene rings is 2. The van der Waals surface area contributed by atoms with E-state index in [9.17, 15) is 4.79 Å². The van der Waals surface area contributed by atoms with Gasteiger partial charge in [0.2, 0.25) is 0 Å². The first-order valence-electron chi connectivity index (χ1n) is 15.4. The van der Waals surface area contributed by atoms with E-state index in [0.29, 0.717) is 26.2 Å². The first kappa shape index (κ1) is 33.9. The maximum Gasteiger partial charge on any atom is 0.261 e. The summed E-state index contributed by atoms with van der Waals surface area (Å²) in [5, 5.41) is 2.57. The summed E-state index contributed by atoms with van der Waals surface area (Å²) in [5.74, 6) is -0.580. The lowest BCUT2D eigenvalue weighted by atomic mass is 10.0. The highest BCUT2D eigenvalue weighted by Gasteiger charge is 2.51. The van der Waals surface area contributed by atoms with Crippen molar-refractivity contribution in [2.24, 2.45) is 0 Å². The number of rotatable bonds is 15. The van der Waals surface area contributed by atoms with Gasteiger partial charge in [-0.1, -0.05) is 102 Å². The molecule has 0 radical (unpaired) electrons. The number of ether oxygens (including phenoxy) is 2. The van der Waals surface area contributed by atoms with E-state index in [4.69, 9.17) is 18.3 Å². The summed E-state index contributed by atoms with van der Waals surface area (Å²) in [6, 6.07) is 21.6. The van der Waals surface area contributed by atoms with Gasteiger partial charge in [0.05, 0.1) is 25.9 Å². The normalized spacial score (nSPS) is 17.0. The van der Waals surface area contributed by atoms with Gasteiger partial charge in [-0.2, -0.15) is 0 Å². The SMILES string of the molecule is CC(C)(C)[Si](C)(C)O[C@@H](CCCC1(CCCC=O)OCCO1)CO[Si](c1ccccc1)(c1ccccc1)C(C)(C)C. The van der Waals surface area contributed by atoms with Crippen LogP contribution in [0.4, 0.5) is 0 Å². The molecule has 1 fully saturated rings. The highest BCUT2D eigenvalue weighted by molar-refractivity contribution is 6.99. The van der Waals surface area contributed by atoms with E-state index in [1.807, 2.05) is 0 Å². The molecule has 2 aromatic carbocycles. The second kappa shape index (κ2) is 14.2. The zero-order valence-corrected chi connectivity index (χ0v) is 28.8. The molecule has 0 bridgehead atoms. The van der Waals surface area contributed by atoms with Crippen molar-refractivity contribution in [1.29, 1.82) is 0 Å². The average molecular weight is 599 g/mol. The van der Waals surface area contributed by atoms with Gasteiger partial charge in [0.1, 0.15) is 6.29 Å². The smallest absolute Gasteiger partial charge is 0.261 e. The van der Waals surface area contributed by atoms with Crippen LogP contribution >= 0.6 is 0 Å². The van der Waals surface area contributed by atoms with Crippen LogP contribution in [-0.4, -0.2) is 54.6 Å². The topological polar surface area (TPSA) is 54.0 Å². The van der Waals surface area contributed by atoms with Crippen LogP contribution in [0.1, 0.15) is 80.1 Å². The Morgan fingerprint density at radius 3 is 1.80 bits per heavy atom. The van der Waals surface area contributed by atoms with Crippen molar-refractivity contribution < 1.29 is 23.1 Å². The molecule has 0 N–H and O–H groups in total. The van der Waals surface area contributed by atoms with Gasteiger partial charge in [0.25, 0.3) is 8.32 Å². The van der Waals surface area contributed by atoms with Crippen molar-refractivity contribution in [3.63, 3.8) is 0 Å². The van der Waals surface area contributed by atoms with Gasteiger partial charge in [0.15, 0.2) is 14.1 Å². The van der Waals surface area contributed by atoms with E-state index in [2.05, 4.69) is 115 Å². The molecular weight excluding hydrogens is 545 g/mol. The van der Waals surface area contributed by atoms with Crippen LogP contribution in [0.2, 0.25) is 23.2 Å². The first-order chi connectivity index (χ1) is 19.3. The molecule has 7 heteroatoms. The molecule has 2 aromatic rings. The highest BCUT2D eigenvalue weighted by atomic mass is 28.4. The summed E-state index contributed by atoms with van der Waals surface area (Å²) in [4.78, 5) is 10.9. The van der Waals surface area contributed by atoms with E-state index in [-0.39, 0.29) is 16.2 Å². The molecule has 5 nitrogen and oxygen atoms in total. The third-order valence-electron chi connectivity index (χ3n) is 8.95. The molecule has 1 saturated heterocycles. The largest absolute Gasteiger partial charge is 0.412 e. The number of carbonyl (C=O) groups is 1. The zero-order valence-electron chi connectivity index (χ0n) is 26.8. The molecule has 0 spiro atoms. The van der Waals surface area contributed by atoms with Crippen molar-refractivity contribution in [1.82, 2.24) is 0 Å². The van der Waals surface area contributed by atoms with Crippen LogP contribution in [0, 0.1) is 0 Å². The van der Waals surface area contributed by atoms with Gasteiger partial charge in [-0.3, -0.25) is 0 Å². The molecule has 1 atom stereocenters. The lowest BCUT2D eigenvalue weighted by molar-refractivity contribution is -0.169. The minimum atomic E-state index is -2.68. The Bertz CT molecular complexity index is 1010. The molecule has 0 saturated carbocycles. The number of unbranched alkanes of at least 4 members (excludes halogenated alkanes) is 1. The first-order valence-corrected chi connectivity index (χ1v) is 20.2. The molecule has 0 unspecified atom stereocenters. The third kappa shape index (κ3) is 8.49. The van der Waals surface area contributed by atoms with Crippen LogP contribution in [0.25, 0.3) is 0 Å². The van der Waals surface area contributed by atoms with Gasteiger partial charge in [-0.15, -0.1) is 0 Å². The zero-order chi connectivity index (χ0) is 30.2. The Balaban J connectivity index is 1.89. The molecule has 1 heterocycles. The molecule has 0 amide bonds. The van der Waals surface area contributed by atoms with Crippen LogP contribution in [0.3, 0.4) is 0 Å². The molecule has 1 aliphatic heterocycles. The minimum absolute atomic E-state index is 0.0361. The molecular formula is C34H54O5Si2. The summed E-state index contributed by atoms with van der Waals surface area (Å²) in [5.41, 5.74) is 0. The van der Waals surface area contributed by atoms with Crippen LogP contribution in [0.5, 0.6) is 0 Å². The van der Waals surface area contributed by atoms with Crippen molar-refractivity contribution in [3.8, 4) is 0 Å². The monoisotopic (exact) mass is 598 g/mol. The number of hydrogen-bond acceptors (Lipinski definition) is 5. The summed E-state index contributed by atoms with van der Waals surface area (Å²) in [6.45, 7) is 20.3. The van der Waals surface area contributed by atoms with E-state index >= 15 is 0 Å². The maximum atomic E-state index is 10.9. The molecule has 228 valence electrons. The van der Waals surface area contributed by atoms with Gasteiger partial charge in [-0.25, -0.2) is 0 Å². The summed E-state index contributed by atoms with van der Waals surface area (Å²) >= 11 is 0. The molecule has 1 aliphatic rings. The van der Waals surface area contributed by atoms with E-state index in [1.54, 1.807) is 0 Å². The Hall–Kier alpha value is -1.62. The summed E-state index contributed by atoms with van der Waals surface area (Å²) < 4.78 is 26.6. The lowest BCUT2D eigenvalue weighted by Crippen LogP contribution is -2.67. The fourth-order valence-electron chi connectivity index (χ4n) is 5.71. The Morgan fingerprint density at radius 1 is 0.829 bits per heavy atom. The van der Waals surface area contributed by atoms with E-state index < -0.39 is 22.4 Å². The predicted molar refractivity (Wildman–Crippen MR) is 174 cm³/mol. The lowest BCUT2D eigenvalue weighted by Gasteiger charge is -2.45. The second-order valence-corrected chi connectivity index (χ2v) is 23.1. The maximum absolute atomic E-state index is 10.9. The fourth-order valence-corrected chi connectivity index (χ4v) is 11.7. The van der Waals surface area contributed by atoms with Crippen LogP contribution in [-0.2, 0) is 23.1 Å². The van der Waals surface area contributed by atoms with Crippen molar-refractivity contribution in [2.75, 3.05) is 19.8 Å². The minimum Gasteiger partial charge on any atom is -0.412 e. The molecule has 0 aliphatic carbocycles. The number of carbonyl (C=O) groups excluding carboxylic acids is 1. The fraction of sp³-hybridized carbons (Fsp3) is 0.618. The quantitative estimate of drug-likeness (QED) is 0.123. The predicted octanol–water partition coefficient (Wildman–Crippen LogP) is 7.24. The highest BCUT2D eigenvalue weighted by Crippen LogP contribution is 2.40. The van der Waals surface area contributed by atoms with E-state index in [0.717, 1.165) is 38.4 Å². The van der Waals surface area contributed by atoms with Crippen LogP contribution < -0.4 is 10.4 Å². The third-order valence-corrected chi connectivity index (χ3v) is 18.5. The Kier molecular flexibility index (Phi) is 11.8. The summed E-state index contributed by atoms with van der Waals surface area (Å²) in [6.07, 6.45) is 5.58. The van der Waals surface area contributed by atoms with Crippen LogP contribution in [0.15, 0.2) is 60.7 Å². The summed E-state index contributed by atoms with van der Waals surface area (Å²) in [7, 11) is -4.74. The van der Waals surface area contributed by atoms with Crippen molar-refractivity contribution >= 4 is 33.3 Å². The van der Waals surface area contributed by atoms with Crippen molar-refractivity contribution in [2.45, 2.75) is 115 Å². The van der Waals surface area contributed by atoms with Gasteiger partial charge in [-0.05, 0) is 52.8 Å².